The van der Waals surface area contributed by atoms with Crippen LogP contribution in [0.25, 0.3) is 10.9 Å². The van der Waals surface area contributed by atoms with Crippen molar-refractivity contribution in [1.82, 2.24) is 4.57 Å². The number of aromatic nitrogens is 1. The first kappa shape index (κ1) is 9.73. The zero-order valence-corrected chi connectivity index (χ0v) is 9.24. The van der Waals surface area contributed by atoms with E-state index in [4.69, 9.17) is 16.7 Å². The van der Waals surface area contributed by atoms with Gasteiger partial charge in [0.15, 0.2) is 0 Å². The van der Waals surface area contributed by atoms with Crippen LogP contribution in [0.1, 0.15) is 5.69 Å². The number of halogens is 1. The maximum atomic E-state index is 10.9. The first-order valence-electron chi connectivity index (χ1n) is 5.15. The van der Waals surface area contributed by atoms with Gasteiger partial charge in [-0.05, 0) is 24.3 Å². The van der Waals surface area contributed by atoms with E-state index >= 15 is 0 Å². The van der Waals surface area contributed by atoms with Gasteiger partial charge < -0.3 is 9.67 Å². The van der Waals surface area contributed by atoms with Crippen molar-refractivity contribution in [3.8, 4) is 0 Å². The molecule has 82 valence electrons. The Morgan fingerprint density at radius 2 is 2.25 bits per heavy atom. The molecule has 0 radical (unpaired) electrons. The van der Waals surface area contributed by atoms with Crippen LogP contribution in [-0.4, -0.2) is 15.6 Å². The highest BCUT2D eigenvalue weighted by atomic mass is 35.5. The lowest BCUT2D eigenvalue weighted by Gasteiger charge is -2.03. The van der Waals surface area contributed by atoms with Crippen molar-refractivity contribution in [3.63, 3.8) is 0 Å². The van der Waals surface area contributed by atoms with Crippen LogP contribution in [0.15, 0.2) is 24.3 Å². The van der Waals surface area contributed by atoms with Crippen LogP contribution >= 0.6 is 11.6 Å². The quantitative estimate of drug-likeness (QED) is 0.826. The minimum Gasteiger partial charge on any atom is -0.481 e. The van der Waals surface area contributed by atoms with Gasteiger partial charge in [0.2, 0.25) is 0 Å². The van der Waals surface area contributed by atoms with Crippen molar-refractivity contribution in [2.24, 2.45) is 5.92 Å². The molecule has 3 rings (SSSR count). The van der Waals surface area contributed by atoms with Crippen LogP contribution < -0.4 is 0 Å². The smallest absolute Gasteiger partial charge is 0.308 e. The summed E-state index contributed by atoms with van der Waals surface area (Å²) in [5.41, 5.74) is 2.16. The number of hydrogen-bond donors (Lipinski definition) is 1. The Morgan fingerprint density at radius 3 is 3.00 bits per heavy atom. The number of rotatable bonds is 1. The molecular weight excluding hydrogens is 226 g/mol. The van der Waals surface area contributed by atoms with Gasteiger partial charge in [0.1, 0.15) is 0 Å². The third-order valence-electron chi connectivity index (χ3n) is 3.16. The monoisotopic (exact) mass is 235 g/mol. The number of hydrogen-bond acceptors (Lipinski definition) is 1. The summed E-state index contributed by atoms with van der Waals surface area (Å²) in [7, 11) is 0. The number of fused-ring (bicyclic) bond motifs is 3. The van der Waals surface area contributed by atoms with Gasteiger partial charge in [-0.15, -0.1) is 0 Å². The zero-order valence-electron chi connectivity index (χ0n) is 8.48. The summed E-state index contributed by atoms with van der Waals surface area (Å²) in [5, 5.41) is 10.8. The second-order valence-corrected chi connectivity index (χ2v) is 4.63. The summed E-state index contributed by atoms with van der Waals surface area (Å²) in [4.78, 5) is 10.9. The Labute approximate surface area is 97.2 Å². The van der Waals surface area contributed by atoms with Crippen LogP contribution in [0.2, 0.25) is 5.02 Å². The Morgan fingerprint density at radius 1 is 1.44 bits per heavy atom. The van der Waals surface area contributed by atoms with Gasteiger partial charge in [-0.3, -0.25) is 4.79 Å². The maximum absolute atomic E-state index is 10.9. The summed E-state index contributed by atoms with van der Waals surface area (Å²) in [6, 6.07) is 7.73. The minimum absolute atomic E-state index is 0.282. The van der Waals surface area contributed by atoms with Gasteiger partial charge in [0, 0.05) is 34.6 Å². The molecule has 0 amide bonds. The summed E-state index contributed by atoms with van der Waals surface area (Å²) in [5.74, 6) is -0.999. The van der Waals surface area contributed by atoms with Crippen molar-refractivity contribution in [2.75, 3.05) is 0 Å². The number of carboxylic acids is 1. The number of nitrogens with zero attached hydrogens (tertiary/aromatic N) is 1. The van der Waals surface area contributed by atoms with Gasteiger partial charge in [-0.25, -0.2) is 0 Å². The number of aliphatic carboxylic acids is 1. The predicted octanol–water partition coefficient (Wildman–Crippen LogP) is 2.55. The summed E-state index contributed by atoms with van der Waals surface area (Å²) >= 11 is 5.92. The molecule has 1 aliphatic rings. The lowest BCUT2D eigenvalue weighted by molar-refractivity contribution is -0.141. The first-order chi connectivity index (χ1) is 7.65. The highest BCUT2D eigenvalue weighted by Gasteiger charge is 2.28. The van der Waals surface area contributed by atoms with Crippen molar-refractivity contribution in [2.45, 2.75) is 13.0 Å². The Hall–Kier alpha value is -1.48. The van der Waals surface area contributed by atoms with Gasteiger partial charge in [-0.1, -0.05) is 11.6 Å². The molecule has 1 unspecified atom stereocenters. The van der Waals surface area contributed by atoms with E-state index in [9.17, 15) is 4.79 Å². The van der Waals surface area contributed by atoms with E-state index in [0.717, 1.165) is 16.6 Å². The van der Waals surface area contributed by atoms with E-state index in [-0.39, 0.29) is 5.92 Å². The van der Waals surface area contributed by atoms with E-state index in [2.05, 4.69) is 4.57 Å². The average Bonchev–Trinajstić information content (AvgIpc) is 2.73. The van der Waals surface area contributed by atoms with E-state index in [1.807, 2.05) is 24.3 Å². The van der Waals surface area contributed by atoms with Crippen LogP contribution in [0.5, 0.6) is 0 Å². The number of carboxylic acid groups (broad SMARTS) is 1. The molecule has 16 heavy (non-hydrogen) atoms. The Kier molecular flexibility index (Phi) is 1.98. The van der Waals surface area contributed by atoms with Crippen LogP contribution in [0.4, 0.5) is 0 Å². The SMILES string of the molecule is O=C(O)C1Cc2cc3cc(Cl)ccc3n2C1. The molecule has 4 heteroatoms. The second kappa shape index (κ2) is 3.25. The minimum atomic E-state index is -0.717. The highest BCUT2D eigenvalue weighted by Crippen LogP contribution is 2.30. The van der Waals surface area contributed by atoms with Gasteiger partial charge in [0.05, 0.1) is 5.92 Å². The number of benzene rings is 1. The van der Waals surface area contributed by atoms with Gasteiger partial charge in [0.25, 0.3) is 0 Å². The van der Waals surface area contributed by atoms with Crippen molar-refractivity contribution < 1.29 is 9.90 Å². The fraction of sp³-hybridized carbons (Fsp3) is 0.250. The standard InChI is InChI=1S/C12H10ClNO2/c13-9-1-2-11-7(3-9)4-10-5-8(12(15)16)6-14(10)11/h1-4,8H,5-6H2,(H,15,16). The predicted molar refractivity (Wildman–Crippen MR) is 61.8 cm³/mol. The molecule has 1 N–H and O–H groups in total. The van der Waals surface area contributed by atoms with Gasteiger partial charge in [-0.2, -0.15) is 0 Å². The Balaban J connectivity index is 2.12. The van der Waals surface area contributed by atoms with E-state index in [0.29, 0.717) is 18.0 Å². The molecule has 1 aromatic heterocycles. The maximum Gasteiger partial charge on any atom is 0.308 e. The first-order valence-corrected chi connectivity index (χ1v) is 5.53. The molecule has 0 fully saturated rings. The lowest BCUT2D eigenvalue weighted by atomic mass is 10.1. The molecule has 1 aliphatic heterocycles. The van der Waals surface area contributed by atoms with E-state index in [1.165, 1.54) is 0 Å². The molecule has 0 aliphatic carbocycles. The topological polar surface area (TPSA) is 42.2 Å². The van der Waals surface area contributed by atoms with Crippen LogP contribution in [-0.2, 0) is 17.8 Å². The normalized spacial score (nSPS) is 18.9. The molecule has 0 bridgehead atoms. The molecule has 1 aromatic carbocycles. The third-order valence-corrected chi connectivity index (χ3v) is 3.39. The summed E-state index contributed by atoms with van der Waals surface area (Å²) in [6.45, 7) is 0.565. The largest absolute Gasteiger partial charge is 0.481 e. The third kappa shape index (κ3) is 1.32. The van der Waals surface area contributed by atoms with Crippen LogP contribution in [0, 0.1) is 5.92 Å². The summed E-state index contributed by atoms with van der Waals surface area (Å²) in [6.07, 6.45) is 0.613. The molecule has 0 saturated carbocycles. The molecule has 0 saturated heterocycles. The molecule has 1 atom stereocenters. The lowest BCUT2D eigenvalue weighted by Crippen LogP contribution is -2.14. The highest BCUT2D eigenvalue weighted by molar-refractivity contribution is 6.31. The molecular formula is C12H10ClNO2. The molecule has 0 spiro atoms. The Bertz CT molecular complexity index is 588. The summed E-state index contributed by atoms with van der Waals surface area (Å²) < 4.78 is 2.07. The zero-order chi connectivity index (χ0) is 11.3. The van der Waals surface area contributed by atoms with E-state index in [1.54, 1.807) is 0 Å². The average molecular weight is 236 g/mol. The van der Waals surface area contributed by atoms with Gasteiger partial charge >= 0.3 is 5.97 Å². The van der Waals surface area contributed by atoms with Crippen molar-refractivity contribution in [3.05, 3.63) is 35.0 Å². The van der Waals surface area contributed by atoms with Crippen molar-refractivity contribution in [1.29, 1.82) is 0 Å². The molecule has 2 aromatic rings. The molecule has 3 nitrogen and oxygen atoms in total. The molecule has 2 heterocycles. The van der Waals surface area contributed by atoms with E-state index < -0.39 is 5.97 Å². The van der Waals surface area contributed by atoms with Crippen molar-refractivity contribution >= 4 is 28.5 Å². The van der Waals surface area contributed by atoms with Crippen LogP contribution in [0.3, 0.4) is 0 Å². The second-order valence-electron chi connectivity index (χ2n) is 4.19. The fourth-order valence-corrected chi connectivity index (χ4v) is 2.57. The fourth-order valence-electron chi connectivity index (χ4n) is 2.39. The number of carbonyl (C=O) groups is 1.